The Bertz CT molecular complexity index is 1220. The minimum absolute atomic E-state index is 1.25. The first kappa shape index (κ1) is 29.6. The normalized spacial score (nSPS) is 14.3. The van der Waals surface area contributed by atoms with Crippen LogP contribution in [0.1, 0.15) is 83.0 Å². The van der Waals surface area contributed by atoms with Gasteiger partial charge in [-0.1, -0.05) is 111 Å². The van der Waals surface area contributed by atoms with E-state index >= 15 is 0 Å². The second kappa shape index (κ2) is 12.5. The minimum atomic E-state index is -1.41. The van der Waals surface area contributed by atoms with Crippen molar-refractivity contribution in [2.45, 2.75) is 129 Å². The Labute approximate surface area is 248 Å². The van der Waals surface area contributed by atoms with Crippen molar-refractivity contribution in [3.8, 4) is 0 Å². The van der Waals surface area contributed by atoms with Gasteiger partial charge in [0.2, 0.25) is 0 Å². The van der Waals surface area contributed by atoms with Gasteiger partial charge in [0.05, 0.1) is 16.1 Å². The summed E-state index contributed by atoms with van der Waals surface area (Å²) >= 11 is 0. The monoisotopic (exact) mass is 566 g/mol. The molecular formula is C38H54Si2. The number of hydrogen-bond acceptors (Lipinski definition) is 0. The zero-order valence-electron chi connectivity index (χ0n) is 26.5. The summed E-state index contributed by atoms with van der Waals surface area (Å²) < 4.78 is 0. The van der Waals surface area contributed by atoms with Crippen LogP contribution < -0.4 is 10.4 Å². The van der Waals surface area contributed by atoms with Crippen molar-refractivity contribution >= 4 is 26.5 Å². The van der Waals surface area contributed by atoms with Crippen molar-refractivity contribution in [3.63, 3.8) is 0 Å². The van der Waals surface area contributed by atoms with Crippen LogP contribution in [0.25, 0.3) is 0 Å². The summed E-state index contributed by atoms with van der Waals surface area (Å²) in [5, 5.41) is 3.49. The van der Waals surface area contributed by atoms with Crippen LogP contribution in [0, 0.1) is 0 Å². The molecule has 0 heterocycles. The summed E-state index contributed by atoms with van der Waals surface area (Å²) in [6, 6.07) is 19.9. The molecule has 40 heavy (non-hydrogen) atoms. The Morgan fingerprint density at radius 1 is 0.425 bits per heavy atom. The molecule has 0 N–H and O–H groups in total. The van der Waals surface area contributed by atoms with Gasteiger partial charge in [0.15, 0.2) is 0 Å². The summed E-state index contributed by atoms with van der Waals surface area (Å²) in [6.45, 7) is 15.4. The zero-order valence-corrected chi connectivity index (χ0v) is 28.5. The standard InChI is InChI=1S/C38H54Si2/c1-39(2,3)37-27-36(16-12-8-10-14-30-18-20-32-22-24-34(32)26-30)38(40(4,5)6)28-35(37)15-11-7-9-13-29-17-19-31-21-23-33(31)25-29/h17-20,25-28H,7-16,21-24H2,1-6H3. The highest BCUT2D eigenvalue weighted by Crippen LogP contribution is 2.26. The van der Waals surface area contributed by atoms with E-state index in [2.05, 4.69) is 87.8 Å². The van der Waals surface area contributed by atoms with E-state index < -0.39 is 16.1 Å². The lowest BCUT2D eigenvalue weighted by Crippen LogP contribution is -2.46. The van der Waals surface area contributed by atoms with Gasteiger partial charge in [-0.2, -0.15) is 0 Å². The zero-order chi connectivity index (χ0) is 28.3. The van der Waals surface area contributed by atoms with Gasteiger partial charge in [0.25, 0.3) is 0 Å². The fourth-order valence-corrected chi connectivity index (χ4v) is 10.5. The van der Waals surface area contributed by atoms with Gasteiger partial charge >= 0.3 is 0 Å². The first-order valence-corrected chi connectivity index (χ1v) is 23.5. The second-order valence-corrected chi connectivity index (χ2v) is 25.1. The van der Waals surface area contributed by atoms with Gasteiger partial charge in [0.1, 0.15) is 0 Å². The summed E-state index contributed by atoms with van der Waals surface area (Å²) in [5.74, 6) is 0. The number of hydrogen-bond donors (Lipinski definition) is 0. The molecule has 5 rings (SSSR count). The fraction of sp³-hybridized carbons (Fsp3) is 0.526. The molecule has 2 aliphatic rings. The van der Waals surface area contributed by atoms with Crippen molar-refractivity contribution in [2.24, 2.45) is 0 Å². The molecule has 3 aromatic carbocycles. The van der Waals surface area contributed by atoms with Crippen molar-refractivity contribution in [1.82, 2.24) is 0 Å². The highest BCUT2D eigenvalue weighted by atomic mass is 28.3. The van der Waals surface area contributed by atoms with Gasteiger partial charge in [-0.05, 0) is 122 Å². The molecule has 0 atom stereocenters. The largest absolute Gasteiger partial charge is 0.0779 e. The fourth-order valence-electron chi connectivity index (χ4n) is 6.95. The Morgan fingerprint density at radius 2 is 0.800 bits per heavy atom. The SMILES string of the molecule is C[Si](C)(C)c1cc(CCCCCc2ccc3c(c2)CC3)c([Si](C)(C)C)cc1CCCCCc1ccc2c(c1)CC2. The Balaban J connectivity index is 1.18. The molecule has 0 unspecified atom stereocenters. The van der Waals surface area contributed by atoms with Crippen molar-refractivity contribution in [3.05, 3.63) is 93.0 Å². The van der Waals surface area contributed by atoms with Gasteiger partial charge in [-0.3, -0.25) is 0 Å². The van der Waals surface area contributed by atoms with Crippen LogP contribution >= 0.6 is 0 Å². The molecule has 0 nitrogen and oxygen atoms in total. The second-order valence-electron chi connectivity index (χ2n) is 15.0. The van der Waals surface area contributed by atoms with E-state index in [1.165, 1.54) is 89.9 Å². The molecule has 0 spiro atoms. The molecule has 0 saturated heterocycles. The van der Waals surface area contributed by atoms with Crippen LogP contribution in [0.15, 0.2) is 48.5 Å². The molecule has 214 valence electrons. The molecule has 2 aliphatic carbocycles. The van der Waals surface area contributed by atoms with Gasteiger partial charge in [0, 0.05) is 0 Å². The van der Waals surface area contributed by atoms with E-state index in [1.54, 1.807) is 54.9 Å². The van der Waals surface area contributed by atoms with E-state index in [0.29, 0.717) is 0 Å². The third kappa shape index (κ3) is 7.29. The lowest BCUT2D eigenvalue weighted by molar-refractivity contribution is 0.675. The van der Waals surface area contributed by atoms with Crippen LogP contribution in [0.5, 0.6) is 0 Å². The predicted molar refractivity (Wildman–Crippen MR) is 183 cm³/mol. The van der Waals surface area contributed by atoms with E-state index in [-0.39, 0.29) is 0 Å². The summed E-state index contributed by atoms with van der Waals surface area (Å²) in [4.78, 5) is 0. The molecule has 3 aromatic rings. The van der Waals surface area contributed by atoms with Crippen molar-refractivity contribution < 1.29 is 0 Å². The first-order chi connectivity index (χ1) is 19.1. The van der Waals surface area contributed by atoms with E-state index in [1.807, 2.05) is 0 Å². The minimum Gasteiger partial charge on any atom is -0.0656 e. The maximum atomic E-state index is 2.72. The van der Waals surface area contributed by atoms with E-state index in [0.717, 1.165) is 0 Å². The molecule has 0 amide bonds. The van der Waals surface area contributed by atoms with Crippen LogP contribution in [0.2, 0.25) is 39.3 Å². The van der Waals surface area contributed by atoms with E-state index in [4.69, 9.17) is 0 Å². The van der Waals surface area contributed by atoms with Crippen LogP contribution in [-0.4, -0.2) is 16.1 Å². The quantitative estimate of drug-likeness (QED) is 0.135. The molecular weight excluding hydrogens is 513 g/mol. The average molecular weight is 567 g/mol. The van der Waals surface area contributed by atoms with Crippen LogP contribution in [0.4, 0.5) is 0 Å². The lowest BCUT2D eigenvalue weighted by atomic mass is 9.86. The molecule has 0 fully saturated rings. The maximum Gasteiger partial charge on any atom is 0.0779 e. The van der Waals surface area contributed by atoms with Crippen molar-refractivity contribution in [1.29, 1.82) is 0 Å². The maximum absolute atomic E-state index is 2.72. The molecule has 0 radical (unpaired) electrons. The van der Waals surface area contributed by atoms with Gasteiger partial charge in [-0.25, -0.2) is 0 Å². The molecule has 2 heteroatoms. The van der Waals surface area contributed by atoms with Crippen molar-refractivity contribution in [2.75, 3.05) is 0 Å². The highest BCUT2D eigenvalue weighted by Gasteiger charge is 2.26. The molecule has 0 saturated carbocycles. The predicted octanol–water partition coefficient (Wildman–Crippen LogP) is 8.89. The van der Waals surface area contributed by atoms with Crippen LogP contribution in [-0.2, 0) is 51.4 Å². The third-order valence-electron chi connectivity index (χ3n) is 9.64. The summed E-state index contributed by atoms with van der Waals surface area (Å²) in [7, 11) is -2.81. The van der Waals surface area contributed by atoms with Gasteiger partial charge in [-0.15, -0.1) is 0 Å². The molecule has 0 aromatic heterocycles. The van der Waals surface area contributed by atoms with Crippen LogP contribution in [0.3, 0.4) is 0 Å². The molecule has 0 bridgehead atoms. The first-order valence-electron chi connectivity index (χ1n) is 16.5. The topological polar surface area (TPSA) is 0 Å². The number of rotatable bonds is 14. The third-order valence-corrected chi connectivity index (χ3v) is 13.8. The van der Waals surface area contributed by atoms with Gasteiger partial charge < -0.3 is 0 Å². The number of unbranched alkanes of at least 4 members (excludes halogenated alkanes) is 4. The Kier molecular flexibility index (Phi) is 9.27. The number of fused-ring (bicyclic) bond motifs is 2. The summed E-state index contributed by atoms with van der Waals surface area (Å²) in [5.41, 5.74) is 12.9. The highest BCUT2D eigenvalue weighted by molar-refractivity contribution is 6.90. The number of benzene rings is 3. The average Bonchev–Trinajstić information content (AvgIpc) is 2.85. The summed E-state index contributed by atoms with van der Waals surface area (Å²) in [6.07, 6.45) is 18.2. The molecule has 0 aliphatic heterocycles. The smallest absolute Gasteiger partial charge is 0.0656 e. The van der Waals surface area contributed by atoms with E-state index in [9.17, 15) is 0 Å². The Hall–Kier alpha value is -1.91. The Morgan fingerprint density at radius 3 is 1.12 bits per heavy atom. The number of aryl methyl sites for hydroxylation is 8. The lowest BCUT2D eigenvalue weighted by Gasteiger charge is -2.28.